The van der Waals surface area contributed by atoms with Crippen molar-refractivity contribution < 1.29 is 19.1 Å². The number of hydrogen-bond donors (Lipinski definition) is 3. The van der Waals surface area contributed by atoms with Gasteiger partial charge in [0.1, 0.15) is 11.1 Å². The van der Waals surface area contributed by atoms with Gasteiger partial charge in [-0.15, -0.1) is 16.9 Å². The summed E-state index contributed by atoms with van der Waals surface area (Å²) in [4.78, 5) is 63.2. The highest BCUT2D eigenvalue weighted by Crippen LogP contribution is 2.45. The number of esters is 1. The van der Waals surface area contributed by atoms with Crippen LogP contribution in [0.1, 0.15) is 17.2 Å². The molecule has 0 radical (unpaired) electrons. The number of fused-ring (bicyclic) bond motifs is 1. The zero-order valence-corrected chi connectivity index (χ0v) is 22.7. The maximum absolute atomic E-state index is 13.9. The van der Waals surface area contributed by atoms with E-state index in [0.717, 1.165) is 27.5 Å². The molecule has 0 aliphatic carbocycles. The summed E-state index contributed by atoms with van der Waals surface area (Å²) in [5.41, 5.74) is 4.93. The molecule has 2 atom stereocenters. The molecule has 206 valence electrons. The zero-order chi connectivity index (χ0) is 28.4. The predicted molar refractivity (Wildman–Crippen MR) is 148 cm³/mol. The van der Waals surface area contributed by atoms with Crippen LogP contribution < -0.4 is 22.2 Å². The highest BCUT2D eigenvalue weighted by atomic mass is 32.2. The van der Waals surface area contributed by atoms with E-state index in [2.05, 4.69) is 15.5 Å². The van der Waals surface area contributed by atoms with Gasteiger partial charge in [0.2, 0.25) is 12.1 Å². The number of hydrogen-bond acceptors (Lipinski definition) is 10. The van der Waals surface area contributed by atoms with Gasteiger partial charge in [-0.05, 0) is 16.7 Å². The Morgan fingerprint density at radius 2 is 1.82 bits per heavy atom. The first-order chi connectivity index (χ1) is 19.3. The number of nitrogens with one attached hydrogen (secondary N) is 2. The molecule has 3 aromatic rings. The second-order valence-electron chi connectivity index (χ2n) is 9.02. The lowest BCUT2D eigenvalue weighted by Crippen LogP contribution is -2.83. The molecule has 4 N–H and O–H groups in total. The summed E-state index contributed by atoms with van der Waals surface area (Å²) in [6.07, 6.45) is -0.412. The van der Waals surface area contributed by atoms with Crippen molar-refractivity contribution in [2.45, 2.75) is 22.3 Å². The monoisotopic (exact) mass is 580 g/mol. The van der Waals surface area contributed by atoms with Crippen LogP contribution in [-0.2, 0) is 26.2 Å². The summed E-state index contributed by atoms with van der Waals surface area (Å²) < 4.78 is 7.18. The van der Waals surface area contributed by atoms with E-state index in [0.29, 0.717) is 12.0 Å². The Kier molecular flexibility index (Phi) is 7.65. The zero-order valence-electron chi connectivity index (χ0n) is 21.1. The van der Waals surface area contributed by atoms with Crippen molar-refractivity contribution in [3.63, 3.8) is 0 Å². The molecule has 40 heavy (non-hydrogen) atoms. The molecule has 0 saturated carbocycles. The summed E-state index contributed by atoms with van der Waals surface area (Å²) >= 11 is 2.39. The van der Waals surface area contributed by atoms with E-state index in [1.54, 1.807) is 0 Å². The van der Waals surface area contributed by atoms with Crippen LogP contribution in [0.2, 0.25) is 0 Å². The number of aromatic amines is 1. The number of nitrogens with two attached hydrogens (primary N) is 1. The fraction of sp³-hybridized carbons (Fsp3) is 0.231. The Balaban J connectivity index is 1.52. The summed E-state index contributed by atoms with van der Waals surface area (Å²) in [7, 11) is 1.42. The van der Waals surface area contributed by atoms with Gasteiger partial charge in [0.25, 0.3) is 5.91 Å². The molecule has 5 rings (SSSR count). The van der Waals surface area contributed by atoms with E-state index < -0.39 is 40.1 Å². The lowest BCUT2D eigenvalue weighted by Gasteiger charge is -2.55. The molecule has 0 unspecified atom stereocenters. The minimum atomic E-state index is -1.67. The van der Waals surface area contributed by atoms with Gasteiger partial charge >= 0.3 is 17.1 Å². The predicted octanol–water partition coefficient (Wildman–Crippen LogP) is 0.464. The number of thioether (sulfide) groups is 2. The Bertz CT molecular complexity index is 1570. The van der Waals surface area contributed by atoms with Crippen molar-refractivity contribution in [3.05, 3.63) is 104 Å². The number of nitrogens with zero attached hydrogens (tertiary/aromatic N) is 3. The van der Waals surface area contributed by atoms with E-state index >= 15 is 0 Å². The van der Waals surface area contributed by atoms with Gasteiger partial charge in [-0.3, -0.25) is 34.4 Å². The van der Waals surface area contributed by atoms with Crippen molar-refractivity contribution >= 4 is 41.8 Å². The maximum atomic E-state index is 13.9. The van der Waals surface area contributed by atoms with E-state index in [9.17, 15) is 24.0 Å². The number of β-lactam (4-membered cyclic amide) rings is 1. The number of aromatic nitrogens is 3. The Hall–Kier alpha value is -4.14. The summed E-state index contributed by atoms with van der Waals surface area (Å²) in [5, 5.41) is 7.94. The van der Waals surface area contributed by atoms with Crippen LogP contribution in [0.25, 0.3) is 0 Å². The van der Waals surface area contributed by atoms with Gasteiger partial charge in [0.15, 0.2) is 11.3 Å². The molecular formula is C26H24N6O6S2. The maximum Gasteiger partial charge on any atom is 0.356 e. The van der Waals surface area contributed by atoms with Gasteiger partial charge in [-0.1, -0.05) is 72.4 Å². The standard InChI is InChI=1S/C26H24N6O6S2/c1-31-21(35)20(34)29-30-25(31)40-13-17-12-39-24-26(27,28-14-33)23(37)32(24)18(17)22(36)38-19(15-8-4-2-5-9-15)16-10-6-3-7-11-16/h2-11,14,19,24H,12-13,27H2,1H3,(H,28,33)(H,29,34)/t24-,26-/m0/s1. The van der Waals surface area contributed by atoms with E-state index in [1.807, 2.05) is 60.7 Å². The molecule has 2 amide bonds. The molecule has 0 spiro atoms. The molecule has 3 heterocycles. The van der Waals surface area contributed by atoms with Crippen LogP contribution >= 0.6 is 23.5 Å². The van der Waals surface area contributed by atoms with Crippen molar-refractivity contribution in [2.24, 2.45) is 12.8 Å². The molecule has 1 fully saturated rings. The number of ether oxygens (including phenoxy) is 1. The van der Waals surface area contributed by atoms with E-state index in [-0.39, 0.29) is 22.4 Å². The first-order valence-corrected chi connectivity index (χ1v) is 14.1. The van der Waals surface area contributed by atoms with E-state index in [4.69, 9.17) is 10.5 Å². The highest BCUT2D eigenvalue weighted by molar-refractivity contribution is 8.01. The fourth-order valence-electron chi connectivity index (χ4n) is 4.46. The number of benzene rings is 2. The van der Waals surface area contributed by atoms with E-state index in [1.165, 1.54) is 23.7 Å². The number of carbonyl (C=O) groups excluding carboxylic acids is 3. The SMILES string of the molecule is Cn1c(SCC2=C(C(=O)OC(c3ccccc3)c3ccccc3)N3C(=O)[C@](N)(NC=O)[C@@H]3SC2)n[nH]c(=O)c1=O. The number of H-pyrrole nitrogens is 1. The quantitative estimate of drug-likeness (QED) is 0.0807. The average Bonchev–Trinajstić information content (AvgIpc) is 2.98. The average molecular weight is 581 g/mol. The fourth-order valence-corrected chi connectivity index (χ4v) is 6.90. The van der Waals surface area contributed by atoms with Crippen molar-refractivity contribution in [2.75, 3.05) is 11.5 Å². The molecule has 14 heteroatoms. The Labute approximate surface area is 236 Å². The summed E-state index contributed by atoms with van der Waals surface area (Å²) in [6.45, 7) is 0. The van der Waals surface area contributed by atoms with Gasteiger partial charge in [0.05, 0.1) is 0 Å². The molecule has 12 nitrogen and oxygen atoms in total. The third-order valence-corrected chi connectivity index (χ3v) is 9.05. The van der Waals surface area contributed by atoms with Crippen molar-refractivity contribution in [1.82, 2.24) is 25.0 Å². The topological polar surface area (TPSA) is 169 Å². The lowest BCUT2D eigenvalue weighted by molar-refractivity contribution is -0.160. The molecule has 1 aromatic heterocycles. The molecule has 1 saturated heterocycles. The van der Waals surface area contributed by atoms with Crippen molar-refractivity contribution in [3.8, 4) is 0 Å². The third kappa shape index (κ3) is 4.85. The van der Waals surface area contributed by atoms with Crippen LogP contribution in [0.3, 0.4) is 0 Å². The molecule has 0 bridgehead atoms. The van der Waals surface area contributed by atoms with Crippen LogP contribution in [-0.4, -0.2) is 60.5 Å². The molecular weight excluding hydrogens is 556 g/mol. The van der Waals surface area contributed by atoms with Gasteiger partial charge in [-0.2, -0.15) is 0 Å². The second kappa shape index (κ2) is 11.2. The Morgan fingerprint density at radius 1 is 1.20 bits per heavy atom. The summed E-state index contributed by atoms with van der Waals surface area (Å²) in [6, 6.07) is 18.4. The molecule has 2 aliphatic rings. The van der Waals surface area contributed by atoms with Crippen LogP contribution in [0.4, 0.5) is 0 Å². The van der Waals surface area contributed by atoms with Gasteiger partial charge < -0.3 is 10.1 Å². The lowest BCUT2D eigenvalue weighted by atomic mass is 9.96. The summed E-state index contributed by atoms with van der Waals surface area (Å²) in [5.74, 6) is -0.968. The smallest absolute Gasteiger partial charge is 0.356 e. The van der Waals surface area contributed by atoms with Crippen LogP contribution in [0, 0.1) is 0 Å². The first-order valence-electron chi connectivity index (χ1n) is 12.0. The minimum absolute atomic E-state index is 0.0151. The molecule has 2 aliphatic heterocycles. The van der Waals surface area contributed by atoms with Crippen molar-refractivity contribution in [1.29, 1.82) is 0 Å². The number of rotatable bonds is 9. The van der Waals surface area contributed by atoms with Gasteiger partial charge in [0, 0.05) is 18.6 Å². The van der Waals surface area contributed by atoms with Crippen LogP contribution in [0.5, 0.6) is 0 Å². The largest absolute Gasteiger partial charge is 0.448 e. The first kappa shape index (κ1) is 27.4. The molecule has 2 aromatic carbocycles. The second-order valence-corrected chi connectivity index (χ2v) is 11.0. The van der Waals surface area contributed by atoms with Gasteiger partial charge in [-0.25, -0.2) is 9.89 Å². The Morgan fingerprint density at radius 3 is 2.42 bits per heavy atom. The highest BCUT2D eigenvalue weighted by Gasteiger charge is 2.63. The number of amides is 2. The number of carbonyl (C=O) groups is 3. The third-order valence-electron chi connectivity index (χ3n) is 6.52. The minimum Gasteiger partial charge on any atom is -0.448 e. The normalized spacial score (nSPS) is 20.1. The van der Waals surface area contributed by atoms with Crippen LogP contribution in [0.15, 0.2) is 86.7 Å².